The number of amides is 2. The van der Waals surface area contributed by atoms with Gasteiger partial charge in [-0.15, -0.1) is 0 Å². The van der Waals surface area contributed by atoms with E-state index in [0.29, 0.717) is 36.7 Å². The molecule has 1 heterocycles. The fourth-order valence-electron chi connectivity index (χ4n) is 3.42. The Morgan fingerprint density at radius 3 is 2.69 bits per heavy atom. The number of fused-ring (bicyclic) bond motifs is 1. The summed E-state index contributed by atoms with van der Waals surface area (Å²) in [5, 5.41) is 2.67. The molecule has 0 unspecified atom stereocenters. The number of nitrogens with one attached hydrogen (secondary N) is 1. The number of hydrogen-bond acceptors (Lipinski definition) is 4. The second-order valence-electron chi connectivity index (χ2n) is 7.47. The number of nitrogens with zero attached hydrogens (tertiary/aromatic N) is 1. The summed E-state index contributed by atoms with van der Waals surface area (Å²) in [6.07, 6.45) is 0.644. The van der Waals surface area contributed by atoms with E-state index in [0.717, 1.165) is 11.3 Å². The van der Waals surface area contributed by atoms with Crippen LogP contribution >= 0.6 is 0 Å². The summed E-state index contributed by atoms with van der Waals surface area (Å²) in [6.45, 7) is 2.88. The van der Waals surface area contributed by atoms with Gasteiger partial charge in [-0.3, -0.25) is 9.59 Å². The molecular weight excluding hydrogens is 411 g/mol. The third kappa shape index (κ3) is 4.88. The number of rotatable bonds is 7. The minimum atomic E-state index is -0.594. The van der Waals surface area contributed by atoms with Crippen molar-refractivity contribution in [2.24, 2.45) is 0 Å². The first kappa shape index (κ1) is 21.4. The molecule has 0 fully saturated rings. The van der Waals surface area contributed by atoms with E-state index >= 15 is 0 Å². The summed E-state index contributed by atoms with van der Waals surface area (Å²) in [7, 11) is 0. The van der Waals surface area contributed by atoms with Gasteiger partial charge in [0.05, 0.1) is 17.9 Å². The van der Waals surface area contributed by atoms with Gasteiger partial charge in [-0.05, 0) is 49.7 Å². The Morgan fingerprint density at radius 2 is 1.91 bits per heavy atom. The molecule has 4 rings (SSSR count). The first-order valence-corrected chi connectivity index (χ1v) is 10.3. The molecule has 0 saturated carbocycles. The number of ether oxygens (including phenoxy) is 2. The van der Waals surface area contributed by atoms with Crippen molar-refractivity contribution in [2.45, 2.75) is 13.3 Å². The largest absolute Gasteiger partial charge is 0.494 e. The molecule has 1 N–H and O–H groups in total. The van der Waals surface area contributed by atoms with Gasteiger partial charge in [-0.1, -0.05) is 29.8 Å². The maximum absolute atomic E-state index is 13.8. The van der Waals surface area contributed by atoms with Crippen molar-refractivity contribution in [3.63, 3.8) is 0 Å². The lowest BCUT2D eigenvalue weighted by Crippen LogP contribution is -2.39. The number of carbonyl (C=O) groups is 2. The minimum absolute atomic E-state index is 0.0449. The molecule has 2 amide bonds. The molecule has 3 aromatic rings. The average Bonchev–Trinajstić information content (AvgIpc) is 2.79. The summed E-state index contributed by atoms with van der Waals surface area (Å²) in [4.78, 5) is 26.4. The molecule has 1 aliphatic rings. The Hall–Kier alpha value is -3.87. The van der Waals surface area contributed by atoms with Crippen molar-refractivity contribution in [1.82, 2.24) is 0 Å². The SMILES string of the molecule is Cc1ccc(OCCCN2C(=O)COc3cc(NC(=O)c4ccccc4F)ccc32)cc1. The summed E-state index contributed by atoms with van der Waals surface area (Å²) >= 11 is 0. The van der Waals surface area contributed by atoms with E-state index in [1.54, 1.807) is 29.2 Å². The van der Waals surface area contributed by atoms with Crippen molar-refractivity contribution < 1.29 is 23.5 Å². The smallest absolute Gasteiger partial charge is 0.265 e. The van der Waals surface area contributed by atoms with Crippen LogP contribution in [0.5, 0.6) is 11.5 Å². The lowest BCUT2D eigenvalue weighted by molar-refractivity contribution is -0.121. The van der Waals surface area contributed by atoms with Crippen LogP contribution in [0.25, 0.3) is 0 Å². The number of hydrogen-bond donors (Lipinski definition) is 1. The Balaban J connectivity index is 1.39. The summed E-state index contributed by atoms with van der Waals surface area (Å²) in [5.74, 6) is -0.0187. The van der Waals surface area contributed by atoms with Crippen LogP contribution in [0.4, 0.5) is 15.8 Å². The number of halogens is 1. The minimum Gasteiger partial charge on any atom is -0.494 e. The van der Waals surface area contributed by atoms with Crippen LogP contribution < -0.4 is 19.7 Å². The van der Waals surface area contributed by atoms with Crippen LogP contribution in [-0.4, -0.2) is 31.6 Å². The molecule has 164 valence electrons. The van der Waals surface area contributed by atoms with E-state index in [4.69, 9.17) is 9.47 Å². The van der Waals surface area contributed by atoms with Crippen LogP contribution in [0.2, 0.25) is 0 Å². The molecule has 6 nitrogen and oxygen atoms in total. The molecule has 7 heteroatoms. The molecule has 0 aromatic heterocycles. The van der Waals surface area contributed by atoms with Gasteiger partial charge >= 0.3 is 0 Å². The molecule has 0 bridgehead atoms. The fourth-order valence-corrected chi connectivity index (χ4v) is 3.42. The topological polar surface area (TPSA) is 67.9 Å². The zero-order chi connectivity index (χ0) is 22.5. The van der Waals surface area contributed by atoms with E-state index in [9.17, 15) is 14.0 Å². The van der Waals surface area contributed by atoms with Crippen molar-refractivity contribution in [3.05, 3.63) is 83.7 Å². The number of benzene rings is 3. The maximum Gasteiger partial charge on any atom is 0.265 e. The van der Waals surface area contributed by atoms with Gasteiger partial charge < -0.3 is 19.7 Å². The van der Waals surface area contributed by atoms with Crippen LogP contribution in [0.1, 0.15) is 22.3 Å². The predicted molar refractivity (Wildman–Crippen MR) is 120 cm³/mol. The Morgan fingerprint density at radius 1 is 1.12 bits per heavy atom. The van der Waals surface area contributed by atoms with E-state index in [2.05, 4.69) is 5.32 Å². The van der Waals surface area contributed by atoms with Crippen LogP contribution in [0.3, 0.4) is 0 Å². The van der Waals surface area contributed by atoms with E-state index < -0.39 is 11.7 Å². The van der Waals surface area contributed by atoms with Gasteiger partial charge in [-0.25, -0.2) is 4.39 Å². The maximum atomic E-state index is 13.8. The molecule has 0 radical (unpaired) electrons. The number of aryl methyl sites for hydroxylation is 1. The summed E-state index contributed by atoms with van der Waals surface area (Å²) < 4.78 is 25.1. The number of carbonyl (C=O) groups excluding carboxylic acids is 2. The highest BCUT2D eigenvalue weighted by Crippen LogP contribution is 2.34. The highest BCUT2D eigenvalue weighted by molar-refractivity contribution is 6.05. The summed E-state index contributed by atoms with van der Waals surface area (Å²) in [6, 6.07) is 18.6. The molecule has 32 heavy (non-hydrogen) atoms. The molecule has 0 atom stereocenters. The highest BCUT2D eigenvalue weighted by atomic mass is 19.1. The normalized spacial score (nSPS) is 12.7. The second kappa shape index (κ2) is 9.51. The van der Waals surface area contributed by atoms with E-state index in [-0.39, 0.29) is 18.1 Å². The van der Waals surface area contributed by atoms with Crippen molar-refractivity contribution in [1.29, 1.82) is 0 Å². The summed E-state index contributed by atoms with van der Waals surface area (Å²) in [5.41, 5.74) is 2.20. The standard InChI is InChI=1S/C25H23FN2O4/c1-17-7-10-19(11-8-17)31-14-4-13-28-22-12-9-18(15-23(22)32-16-24(28)29)27-25(30)20-5-2-3-6-21(20)26/h2-3,5-12,15H,4,13-14,16H2,1H3,(H,27,30). The third-order valence-electron chi connectivity index (χ3n) is 5.09. The van der Waals surface area contributed by atoms with E-state index in [1.807, 2.05) is 31.2 Å². The number of anilines is 2. The van der Waals surface area contributed by atoms with Crippen LogP contribution in [0.15, 0.2) is 66.7 Å². The van der Waals surface area contributed by atoms with Gasteiger partial charge in [0.2, 0.25) is 0 Å². The fraction of sp³-hybridized carbons (Fsp3) is 0.200. The van der Waals surface area contributed by atoms with Gasteiger partial charge in [0.15, 0.2) is 6.61 Å². The zero-order valence-corrected chi connectivity index (χ0v) is 17.6. The Bertz CT molecular complexity index is 1130. The van der Waals surface area contributed by atoms with Crippen molar-refractivity contribution >= 4 is 23.2 Å². The first-order valence-electron chi connectivity index (χ1n) is 10.3. The van der Waals surface area contributed by atoms with Crippen LogP contribution in [0, 0.1) is 12.7 Å². The molecule has 0 spiro atoms. The third-order valence-corrected chi connectivity index (χ3v) is 5.09. The lowest BCUT2D eigenvalue weighted by atomic mass is 10.1. The molecular formula is C25H23FN2O4. The van der Waals surface area contributed by atoms with Gasteiger partial charge in [0.25, 0.3) is 11.8 Å². The van der Waals surface area contributed by atoms with Crippen LogP contribution in [-0.2, 0) is 4.79 Å². The molecule has 0 saturated heterocycles. The van der Waals surface area contributed by atoms with Gasteiger partial charge in [0.1, 0.15) is 17.3 Å². The molecule has 0 aliphatic carbocycles. The zero-order valence-electron chi connectivity index (χ0n) is 17.6. The second-order valence-corrected chi connectivity index (χ2v) is 7.47. The quantitative estimate of drug-likeness (QED) is 0.553. The Kier molecular flexibility index (Phi) is 6.35. The highest BCUT2D eigenvalue weighted by Gasteiger charge is 2.25. The van der Waals surface area contributed by atoms with Crippen molar-refractivity contribution in [3.8, 4) is 11.5 Å². The van der Waals surface area contributed by atoms with Crippen molar-refractivity contribution in [2.75, 3.05) is 30.0 Å². The lowest BCUT2D eigenvalue weighted by Gasteiger charge is -2.29. The average molecular weight is 434 g/mol. The molecule has 1 aliphatic heterocycles. The van der Waals surface area contributed by atoms with Gasteiger partial charge in [0, 0.05) is 18.3 Å². The Labute approximate surface area is 185 Å². The van der Waals surface area contributed by atoms with Gasteiger partial charge in [-0.2, -0.15) is 0 Å². The molecule has 3 aromatic carbocycles. The monoisotopic (exact) mass is 434 g/mol. The van der Waals surface area contributed by atoms with E-state index in [1.165, 1.54) is 18.2 Å². The first-order chi connectivity index (χ1) is 15.5. The predicted octanol–water partition coefficient (Wildman–Crippen LogP) is 4.58.